The minimum absolute atomic E-state index is 0.355. The number of aliphatic hydroxyl groups is 1. The molecule has 1 N–H and O–H groups in total. The van der Waals surface area contributed by atoms with Crippen LogP contribution < -0.4 is 0 Å². The van der Waals surface area contributed by atoms with Crippen molar-refractivity contribution in [3.63, 3.8) is 0 Å². The first kappa shape index (κ1) is 13.4. The predicted molar refractivity (Wildman–Crippen MR) is 62.9 cm³/mol. The predicted octanol–water partition coefficient (Wildman–Crippen LogP) is -0.301. The van der Waals surface area contributed by atoms with E-state index in [0.717, 1.165) is 0 Å². The second kappa shape index (κ2) is 5.73. The fraction of sp³-hybridized carbons (Fsp3) is 0.909. The van der Waals surface area contributed by atoms with Crippen LogP contribution >= 0.6 is 0 Å². The fourth-order valence-corrected chi connectivity index (χ4v) is 2.34. The lowest BCUT2D eigenvalue weighted by molar-refractivity contribution is -0.165. The van der Waals surface area contributed by atoms with Crippen molar-refractivity contribution in [1.29, 1.82) is 0 Å². The van der Waals surface area contributed by atoms with E-state index in [-0.39, 0.29) is 0 Å². The van der Waals surface area contributed by atoms with E-state index >= 15 is 0 Å². The van der Waals surface area contributed by atoms with Crippen LogP contribution in [0.5, 0.6) is 0 Å². The lowest BCUT2D eigenvalue weighted by atomic mass is 9.86. The van der Waals surface area contributed by atoms with Crippen molar-refractivity contribution in [3.05, 3.63) is 5.82 Å². The van der Waals surface area contributed by atoms with Gasteiger partial charge in [0.15, 0.2) is 5.82 Å². The molecule has 2 heterocycles. The molecule has 7 heteroatoms. The van der Waals surface area contributed by atoms with Gasteiger partial charge in [0.2, 0.25) is 0 Å². The molecule has 2 rings (SSSR count). The molecule has 0 amide bonds. The molecule has 1 unspecified atom stereocenters. The average Bonchev–Trinajstić information content (AvgIpc) is 2.76. The van der Waals surface area contributed by atoms with E-state index in [0.29, 0.717) is 44.9 Å². The fourth-order valence-electron chi connectivity index (χ4n) is 2.34. The third-order valence-electron chi connectivity index (χ3n) is 3.30. The van der Waals surface area contributed by atoms with Crippen LogP contribution in [0, 0.1) is 0 Å². The summed E-state index contributed by atoms with van der Waals surface area (Å²) in [6, 6.07) is 0. The molecule has 1 aliphatic rings. The molecule has 1 fully saturated rings. The minimum Gasteiger partial charge on any atom is -0.390 e. The molecule has 1 aromatic rings. The Labute approximate surface area is 106 Å². The normalized spacial score (nSPS) is 20.8. The van der Waals surface area contributed by atoms with Crippen molar-refractivity contribution >= 4 is 0 Å². The number of nitrogens with zero attached hydrogens (tertiary/aromatic N) is 4. The molecule has 0 aromatic carbocycles. The Morgan fingerprint density at radius 2 is 2.22 bits per heavy atom. The zero-order chi connectivity index (χ0) is 13.0. The number of aliphatic hydroxyl groups excluding tert-OH is 1. The zero-order valence-electron chi connectivity index (χ0n) is 10.9. The highest BCUT2D eigenvalue weighted by Gasteiger charge is 2.41. The van der Waals surface area contributed by atoms with Gasteiger partial charge < -0.3 is 14.6 Å². The first-order chi connectivity index (χ1) is 8.66. The van der Waals surface area contributed by atoms with Gasteiger partial charge in [-0.15, -0.1) is 10.2 Å². The second-order valence-corrected chi connectivity index (χ2v) is 4.53. The SMILES string of the molecule is CCOC1(C(O)Cc2nnn(C)n2)CCOCC1. The van der Waals surface area contributed by atoms with Crippen molar-refractivity contribution in [2.45, 2.75) is 37.9 Å². The van der Waals surface area contributed by atoms with Gasteiger partial charge in [-0.3, -0.25) is 0 Å². The zero-order valence-corrected chi connectivity index (χ0v) is 10.9. The molecular weight excluding hydrogens is 236 g/mol. The Kier molecular flexibility index (Phi) is 4.26. The van der Waals surface area contributed by atoms with Crippen molar-refractivity contribution in [1.82, 2.24) is 20.2 Å². The highest BCUT2D eigenvalue weighted by atomic mass is 16.5. The third kappa shape index (κ3) is 2.85. The van der Waals surface area contributed by atoms with E-state index in [1.54, 1.807) is 7.05 Å². The molecule has 0 spiro atoms. The quantitative estimate of drug-likeness (QED) is 0.779. The van der Waals surface area contributed by atoms with Crippen LogP contribution in [-0.2, 0) is 22.9 Å². The molecule has 1 atom stereocenters. The summed E-state index contributed by atoms with van der Waals surface area (Å²) < 4.78 is 11.1. The summed E-state index contributed by atoms with van der Waals surface area (Å²) in [5, 5.41) is 22.2. The summed E-state index contributed by atoms with van der Waals surface area (Å²) in [6.45, 7) is 3.74. The highest BCUT2D eigenvalue weighted by Crippen LogP contribution is 2.30. The Bertz CT molecular complexity index is 371. The van der Waals surface area contributed by atoms with Crippen LogP contribution in [0.15, 0.2) is 0 Å². The van der Waals surface area contributed by atoms with Gasteiger partial charge in [-0.1, -0.05) is 0 Å². The van der Waals surface area contributed by atoms with E-state index < -0.39 is 11.7 Å². The van der Waals surface area contributed by atoms with Crippen molar-refractivity contribution in [3.8, 4) is 0 Å². The summed E-state index contributed by atoms with van der Waals surface area (Å²) in [5.41, 5.74) is -0.536. The van der Waals surface area contributed by atoms with Crippen LogP contribution in [0.3, 0.4) is 0 Å². The molecule has 0 saturated carbocycles. The standard InChI is InChI=1S/C11H20N4O3/c1-3-18-11(4-6-17-7-5-11)9(16)8-10-12-14-15(2)13-10/h9,16H,3-8H2,1-2H3. The van der Waals surface area contributed by atoms with Gasteiger partial charge in [0.1, 0.15) is 0 Å². The van der Waals surface area contributed by atoms with Gasteiger partial charge in [0.05, 0.1) is 18.8 Å². The lowest BCUT2D eigenvalue weighted by Gasteiger charge is -2.40. The number of rotatable bonds is 5. The van der Waals surface area contributed by atoms with Crippen LogP contribution in [0.4, 0.5) is 0 Å². The summed E-state index contributed by atoms with van der Waals surface area (Å²) >= 11 is 0. The largest absolute Gasteiger partial charge is 0.390 e. The summed E-state index contributed by atoms with van der Waals surface area (Å²) in [6.07, 6.45) is 1.11. The molecule has 1 aliphatic heterocycles. The monoisotopic (exact) mass is 256 g/mol. The molecule has 102 valence electrons. The number of aryl methyl sites for hydroxylation is 1. The van der Waals surface area contributed by atoms with Crippen LogP contribution in [0.2, 0.25) is 0 Å². The van der Waals surface area contributed by atoms with E-state index in [2.05, 4.69) is 15.4 Å². The molecule has 0 radical (unpaired) electrons. The van der Waals surface area contributed by atoms with E-state index in [1.165, 1.54) is 4.80 Å². The Balaban J connectivity index is 2.05. The average molecular weight is 256 g/mol. The second-order valence-electron chi connectivity index (χ2n) is 4.53. The summed E-state index contributed by atoms with van der Waals surface area (Å²) in [5.74, 6) is 0.538. The Morgan fingerprint density at radius 1 is 1.50 bits per heavy atom. The summed E-state index contributed by atoms with van der Waals surface area (Å²) in [4.78, 5) is 1.39. The van der Waals surface area contributed by atoms with Crippen molar-refractivity contribution < 1.29 is 14.6 Å². The van der Waals surface area contributed by atoms with Crippen LogP contribution in [0.25, 0.3) is 0 Å². The topological polar surface area (TPSA) is 82.3 Å². The Morgan fingerprint density at radius 3 is 2.78 bits per heavy atom. The van der Waals surface area contributed by atoms with Gasteiger partial charge in [-0.05, 0) is 12.1 Å². The maximum absolute atomic E-state index is 10.4. The van der Waals surface area contributed by atoms with Crippen molar-refractivity contribution in [2.75, 3.05) is 19.8 Å². The first-order valence-corrected chi connectivity index (χ1v) is 6.29. The Hall–Kier alpha value is -1.05. The number of hydrogen-bond acceptors (Lipinski definition) is 6. The molecular formula is C11H20N4O3. The van der Waals surface area contributed by atoms with E-state index in [1.807, 2.05) is 6.92 Å². The first-order valence-electron chi connectivity index (χ1n) is 6.29. The number of ether oxygens (including phenoxy) is 2. The van der Waals surface area contributed by atoms with E-state index in [9.17, 15) is 5.11 Å². The number of hydrogen-bond donors (Lipinski definition) is 1. The minimum atomic E-state index is -0.634. The van der Waals surface area contributed by atoms with Gasteiger partial charge in [-0.25, -0.2) is 0 Å². The van der Waals surface area contributed by atoms with Gasteiger partial charge in [0, 0.05) is 39.1 Å². The number of tetrazole rings is 1. The molecule has 0 bridgehead atoms. The lowest BCUT2D eigenvalue weighted by Crippen LogP contribution is -2.50. The smallest absolute Gasteiger partial charge is 0.177 e. The molecule has 1 aromatic heterocycles. The van der Waals surface area contributed by atoms with Crippen LogP contribution in [-0.4, -0.2) is 56.8 Å². The third-order valence-corrected chi connectivity index (χ3v) is 3.30. The molecule has 1 saturated heterocycles. The van der Waals surface area contributed by atoms with E-state index in [4.69, 9.17) is 9.47 Å². The van der Waals surface area contributed by atoms with Gasteiger partial charge >= 0.3 is 0 Å². The van der Waals surface area contributed by atoms with Gasteiger partial charge in [-0.2, -0.15) is 4.80 Å². The maximum Gasteiger partial charge on any atom is 0.177 e. The van der Waals surface area contributed by atoms with Crippen LogP contribution in [0.1, 0.15) is 25.6 Å². The van der Waals surface area contributed by atoms with Gasteiger partial charge in [0.25, 0.3) is 0 Å². The molecule has 0 aliphatic carbocycles. The highest BCUT2D eigenvalue weighted by molar-refractivity contribution is 4.95. The maximum atomic E-state index is 10.4. The summed E-state index contributed by atoms with van der Waals surface area (Å²) in [7, 11) is 1.70. The number of aromatic nitrogens is 4. The van der Waals surface area contributed by atoms with Crippen molar-refractivity contribution in [2.24, 2.45) is 7.05 Å². The molecule has 7 nitrogen and oxygen atoms in total. The molecule has 18 heavy (non-hydrogen) atoms.